The molecule has 0 aliphatic heterocycles. The average Bonchev–Trinajstić information content (AvgIpc) is 2.26. The van der Waals surface area contributed by atoms with Gasteiger partial charge in [0.15, 0.2) is 11.6 Å². The monoisotopic (exact) mass is 221 g/mol. The van der Waals surface area contributed by atoms with Gasteiger partial charge in [-0.25, -0.2) is 8.78 Å². The van der Waals surface area contributed by atoms with Crippen LogP contribution in [-0.4, -0.2) is 10.1 Å². The predicted octanol–water partition coefficient (Wildman–Crippen LogP) is 3.04. The van der Waals surface area contributed by atoms with Gasteiger partial charge in [-0.1, -0.05) is 6.07 Å². The van der Waals surface area contributed by atoms with E-state index in [1.165, 1.54) is 18.5 Å². The van der Waals surface area contributed by atoms with Crippen LogP contribution in [0.4, 0.5) is 8.78 Å². The van der Waals surface area contributed by atoms with Gasteiger partial charge in [-0.3, -0.25) is 4.98 Å². The maximum absolute atomic E-state index is 13.0. The third kappa shape index (κ3) is 1.74. The van der Waals surface area contributed by atoms with Crippen molar-refractivity contribution in [2.75, 3.05) is 0 Å². The van der Waals surface area contributed by atoms with E-state index in [4.69, 9.17) is 0 Å². The lowest BCUT2D eigenvalue weighted by Crippen LogP contribution is -1.89. The van der Waals surface area contributed by atoms with Crippen molar-refractivity contribution in [2.45, 2.75) is 6.92 Å². The van der Waals surface area contributed by atoms with Crippen LogP contribution in [0.1, 0.15) is 5.56 Å². The summed E-state index contributed by atoms with van der Waals surface area (Å²) in [5.74, 6) is -1.78. The highest BCUT2D eigenvalue weighted by molar-refractivity contribution is 5.68. The molecule has 1 aromatic carbocycles. The van der Waals surface area contributed by atoms with Gasteiger partial charge in [-0.15, -0.1) is 0 Å². The molecule has 0 spiro atoms. The lowest BCUT2D eigenvalue weighted by molar-refractivity contribution is 0.468. The fraction of sp³-hybridized carbons (Fsp3) is 0.0833. The van der Waals surface area contributed by atoms with E-state index in [0.29, 0.717) is 16.7 Å². The first-order valence-corrected chi connectivity index (χ1v) is 4.68. The van der Waals surface area contributed by atoms with Gasteiger partial charge in [0, 0.05) is 17.3 Å². The molecule has 0 bridgehead atoms. The third-order valence-corrected chi connectivity index (χ3v) is 2.42. The number of hydrogen-bond acceptors (Lipinski definition) is 2. The van der Waals surface area contributed by atoms with Crippen LogP contribution in [0.3, 0.4) is 0 Å². The van der Waals surface area contributed by atoms with Gasteiger partial charge < -0.3 is 5.11 Å². The van der Waals surface area contributed by atoms with Gasteiger partial charge in [-0.2, -0.15) is 0 Å². The Balaban J connectivity index is 2.59. The molecule has 1 heterocycles. The van der Waals surface area contributed by atoms with Crippen molar-refractivity contribution >= 4 is 0 Å². The molecule has 0 fully saturated rings. The summed E-state index contributed by atoms with van der Waals surface area (Å²) in [4.78, 5) is 3.81. The molecule has 0 atom stereocenters. The normalized spacial score (nSPS) is 10.4. The number of halogens is 2. The molecule has 0 saturated heterocycles. The highest BCUT2D eigenvalue weighted by Crippen LogP contribution is 2.28. The van der Waals surface area contributed by atoms with E-state index in [0.717, 1.165) is 12.1 Å². The maximum Gasteiger partial charge on any atom is 0.159 e. The summed E-state index contributed by atoms with van der Waals surface area (Å²) < 4.78 is 25.8. The van der Waals surface area contributed by atoms with Gasteiger partial charge in [0.25, 0.3) is 0 Å². The Morgan fingerprint density at radius 2 is 1.88 bits per heavy atom. The van der Waals surface area contributed by atoms with E-state index in [-0.39, 0.29) is 5.75 Å². The highest BCUT2D eigenvalue weighted by Gasteiger charge is 2.09. The zero-order valence-corrected chi connectivity index (χ0v) is 8.54. The molecule has 1 aromatic heterocycles. The Morgan fingerprint density at radius 3 is 2.56 bits per heavy atom. The second kappa shape index (κ2) is 3.89. The highest BCUT2D eigenvalue weighted by atomic mass is 19.2. The van der Waals surface area contributed by atoms with Crippen molar-refractivity contribution in [1.82, 2.24) is 4.98 Å². The molecule has 2 nitrogen and oxygen atoms in total. The van der Waals surface area contributed by atoms with Gasteiger partial charge in [-0.05, 0) is 24.6 Å². The van der Waals surface area contributed by atoms with Crippen LogP contribution >= 0.6 is 0 Å². The number of hydrogen-bond donors (Lipinski definition) is 1. The fourth-order valence-corrected chi connectivity index (χ4v) is 1.47. The first kappa shape index (κ1) is 10.5. The number of aromatic nitrogens is 1. The van der Waals surface area contributed by atoms with E-state index in [2.05, 4.69) is 4.98 Å². The molecule has 2 rings (SSSR count). The first-order chi connectivity index (χ1) is 7.59. The van der Waals surface area contributed by atoms with Crippen molar-refractivity contribution < 1.29 is 13.9 Å². The predicted molar refractivity (Wildman–Crippen MR) is 56.0 cm³/mol. The second-order valence-electron chi connectivity index (χ2n) is 3.46. The molecule has 0 radical (unpaired) electrons. The van der Waals surface area contributed by atoms with Crippen LogP contribution in [-0.2, 0) is 0 Å². The molecule has 1 N–H and O–H groups in total. The van der Waals surface area contributed by atoms with Crippen LogP contribution in [0.2, 0.25) is 0 Å². The van der Waals surface area contributed by atoms with Crippen molar-refractivity contribution in [3.8, 4) is 16.9 Å². The van der Waals surface area contributed by atoms with E-state index in [1.807, 2.05) is 0 Å². The minimum absolute atomic E-state index is 0.0298. The number of nitrogens with zero attached hydrogens (tertiary/aromatic N) is 1. The van der Waals surface area contributed by atoms with Crippen molar-refractivity contribution in [1.29, 1.82) is 0 Å². The molecule has 4 heteroatoms. The number of aromatic hydroxyl groups is 1. The largest absolute Gasteiger partial charge is 0.506 e. The van der Waals surface area contributed by atoms with Gasteiger partial charge in [0.1, 0.15) is 5.75 Å². The van der Waals surface area contributed by atoms with Crippen LogP contribution in [0.15, 0.2) is 30.6 Å². The van der Waals surface area contributed by atoms with E-state index in [9.17, 15) is 13.9 Å². The molecule has 2 aromatic rings. The Bertz CT molecular complexity index is 541. The van der Waals surface area contributed by atoms with Crippen LogP contribution in [0.25, 0.3) is 11.1 Å². The second-order valence-corrected chi connectivity index (χ2v) is 3.46. The lowest BCUT2D eigenvalue weighted by Gasteiger charge is -2.07. The molecule has 0 aliphatic carbocycles. The van der Waals surface area contributed by atoms with E-state index < -0.39 is 11.6 Å². The standard InChI is InChI=1S/C12H9F2NO/c1-7-9(5-15-6-12(7)16)8-2-3-10(13)11(14)4-8/h2-6,16H,1H3. The molecule has 0 saturated carbocycles. The topological polar surface area (TPSA) is 33.1 Å². The lowest BCUT2D eigenvalue weighted by atomic mass is 10.0. The number of benzene rings is 1. The summed E-state index contributed by atoms with van der Waals surface area (Å²) in [6.07, 6.45) is 2.81. The zero-order chi connectivity index (χ0) is 11.7. The molecule has 0 amide bonds. The number of rotatable bonds is 1. The van der Waals surface area contributed by atoms with E-state index in [1.54, 1.807) is 6.92 Å². The smallest absolute Gasteiger partial charge is 0.159 e. The van der Waals surface area contributed by atoms with Crippen LogP contribution in [0.5, 0.6) is 5.75 Å². The molecule has 16 heavy (non-hydrogen) atoms. The zero-order valence-electron chi connectivity index (χ0n) is 8.54. The summed E-state index contributed by atoms with van der Waals surface area (Å²) in [6.45, 7) is 1.69. The summed E-state index contributed by atoms with van der Waals surface area (Å²) in [5, 5.41) is 9.45. The van der Waals surface area contributed by atoms with Gasteiger partial charge in [0.2, 0.25) is 0 Å². The fourth-order valence-electron chi connectivity index (χ4n) is 1.47. The Kier molecular flexibility index (Phi) is 2.56. The maximum atomic E-state index is 13.0. The molecular formula is C12H9F2NO. The van der Waals surface area contributed by atoms with Crippen molar-refractivity contribution in [2.24, 2.45) is 0 Å². The summed E-state index contributed by atoms with van der Waals surface area (Å²) in [7, 11) is 0. The summed E-state index contributed by atoms with van der Waals surface area (Å²) in [6, 6.07) is 3.58. The summed E-state index contributed by atoms with van der Waals surface area (Å²) in [5.41, 5.74) is 1.65. The molecular weight excluding hydrogens is 212 g/mol. The minimum atomic E-state index is -0.916. The van der Waals surface area contributed by atoms with E-state index >= 15 is 0 Å². The average molecular weight is 221 g/mol. The van der Waals surface area contributed by atoms with Crippen molar-refractivity contribution in [3.63, 3.8) is 0 Å². The molecule has 82 valence electrons. The Labute approximate surface area is 91.2 Å². The molecule has 0 unspecified atom stereocenters. The van der Waals surface area contributed by atoms with Gasteiger partial charge >= 0.3 is 0 Å². The Hall–Kier alpha value is -1.97. The molecule has 0 aliphatic rings. The summed E-state index contributed by atoms with van der Waals surface area (Å²) >= 11 is 0. The van der Waals surface area contributed by atoms with Crippen LogP contribution in [0, 0.1) is 18.6 Å². The van der Waals surface area contributed by atoms with Gasteiger partial charge in [0.05, 0.1) is 6.20 Å². The third-order valence-electron chi connectivity index (χ3n) is 2.42. The Morgan fingerprint density at radius 1 is 1.12 bits per heavy atom. The van der Waals surface area contributed by atoms with Crippen LogP contribution < -0.4 is 0 Å². The quantitative estimate of drug-likeness (QED) is 0.802. The number of pyridine rings is 1. The minimum Gasteiger partial charge on any atom is -0.506 e. The van der Waals surface area contributed by atoms with Crippen molar-refractivity contribution in [3.05, 3.63) is 47.8 Å². The first-order valence-electron chi connectivity index (χ1n) is 4.68. The SMILES string of the molecule is Cc1c(O)cncc1-c1ccc(F)c(F)c1.